The van der Waals surface area contributed by atoms with Crippen LogP contribution in [0, 0.1) is 0 Å². The fourth-order valence-electron chi connectivity index (χ4n) is 5.63. The fourth-order valence-corrected chi connectivity index (χ4v) is 6.76. The van der Waals surface area contributed by atoms with Crippen LogP contribution in [0.15, 0.2) is 152 Å². The maximum Gasteiger partial charge on any atom is 0.0467 e. The molecule has 0 N–H and O–H groups in total. The number of allylic oxidation sites excluding steroid dienone is 1. The van der Waals surface area contributed by atoms with Gasteiger partial charge >= 0.3 is 0 Å². The van der Waals surface area contributed by atoms with E-state index in [0.29, 0.717) is 0 Å². The van der Waals surface area contributed by atoms with Gasteiger partial charge in [-0.1, -0.05) is 103 Å². The number of anilines is 3. The Labute approximate surface area is 245 Å². The van der Waals surface area contributed by atoms with Gasteiger partial charge in [0.15, 0.2) is 0 Å². The largest absolute Gasteiger partial charge is 0.310 e. The zero-order valence-corrected chi connectivity index (χ0v) is 23.7. The number of nitrogens with zero attached hydrogens (tertiary/aromatic N) is 1. The number of benzene rings is 6. The van der Waals surface area contributed by atoms with Gasteiger partial charge in [-0.25, -0.2) is 0 Å². The van der Waals surface area contributed by atoms with E-state index in [-0.39, 0.29) is 0 Å². The van der Waals surface area contributed by atoms with Crippen LogP contribution in [-0.4, -0.2) is 0 Å². The Bertz CT molecular complexity index is 1980. The SMILES string of the molecule is C/C=C/c1cccc2sc3ccc(-c4ccc(N(c5ccccc5)c5cccc(-c6ccccc6)c5)cc4)cc3c12. The molecule has 41 heavy (non-hydrogen) atoms. The normalized spacial score (nSPS) is 11.4. The van der Waals surface area contributed by atoms with Crippen molar-refractivity contribution in [2.75, 3.05) is 4.90 Å². The van der Waals surface area contributed by atoms with Gasteiger partial charge in [0.05, 0.1) is 0 Å². The number of thiophene rings is 1. The maximum atomic E-state index is 2.36. The molecule has 0 saturated heterocycles. The molecule has 0 radical (unpaired) electrons. The van der Waals surface area contributed by atoms with Crippen molar-refractivity contribution < 1.29 is 0 Å². The van der Waals surface area contributed by atoms with E-state index in [9.17, 15) is 0 Å². The van der Waals surface area contributed by atoms with Gasteiger partial charge in [0.2, 0.25) is 0 Å². The van der Waals surface area contributed by atoms with Gasteiger partial charge in [0.1, 0.15) is 0 Å². The lowest BCUT2D eigenvalue weighted by Crippen LogP contribution is -2.09. The molecule has 6 aromatic carbocycles. The Hall–Kier alpha value is -4.92. The Morgan fingerprint density at radius 1 is 0.488 bits per heavy atom. The van der Waals surface area contributed by atoms with Crippen LogP contribution in [0.3, 0.4) is 0 Å². The summed E-state index contributed by atoms with van der Waals surface area (Å²) in [5.41, 5.74) is 9.53. The summed E-state index contributed by atoms with van der Waals surface area (Å²) in [7, 11) is 0. The molecule has 0 bridgehead atoms. The Kier molecular flexibility index (Phi) is 6.68. The van der Waals surface area contributed by atoms with Gasteiger partial charge in [-0.15, -0.1) is 11.3 Å². The Morgan fingerprint density at radius 3 is 1.88 bits per heavy atom. The monoisotopic (exact) mass is 543 g/mol. The lowest BCUT2D eigenvalue weighted by molar-refractivity contribution is 1.28. The second-order valence-electron chi connectivity index (χ2n) is 10.2. The summed E-state index contributed by atoms with van der Waals surface area (Å²) < 4.78 is 2.66. The van der Waals surface area contributed by atoms with E-state index >= 15 is 0 Å². The molecule has 0 fully saturated rings. The first kappa shape index (κ1) is 25.1. The van der Waals surface area contributed by atoms with E-state index in [1.165, 1.54) is 48.0 Å². The summed E-state index contributed by atoms with van der Waals surface area (Å²) in [4.78, 5) is 2.33. The van der Waals surface area contributed by atoms with Crippen molar-refractivity contribution in [2.24, 2.45) is 0 Å². The molecule has 0 aliphatic carbocycles. The molecular weight excluding hydrogens is 515 g/mol. The van der Waals surface area contributed by atoms with E-state index in [0.717, 1.165) is 17.1 Å². The molecule has 196 valence electrons. The quantitative estimate of drug-likeness (QED) is 0.202. The average molecular weight is 544 g/mol. The second-order valence-corrected chi connectivity index (χ2v) is 11.3. The number of hydrogen-bond donors (Lipinski definition) is 0. The molecule has 0 unspecified atom stereocenters. The third kappa shape index (κ3) is 4.84. The molecule has 0 spiro atoms. The van der Waals surface area contributed by atoms with Crippen LogP contribution in [-0.2, 0) is 0 Å². The van der Waals surface area contributed by atoms with Crippen LogP contribution in [0.4, 0.5) is 17.1 Å². The van der Waals surface area contributed by atoms with Gasteiger partial charge in [-0.3, -0.25) is 0 Å². The van der Waals surface area contributed by atoms with E-state index in [2.05, 4.69) is 170 Å². The van der Waals surface area contributed by atoms with Gasteiger partial charge in [0.25, 0.3) is 0 Å². The smallest absolute Gasteiger partial charge is 0.0467 e. The summed E-state index contributed by atoms with van der Waals surface area (Å²) in [5.74, 6) is 0. The van der Waals surface area contributed by atoms with Crippen molar-refractivity contribution in [3.05, 3.63) is 157 Å². The second kappa shape index (κ2) is 10.9. The van der Waals surface area contributed by atoms with Crippen molar-refractivity contribution >= 4 is 54.6 Å². The van der Waals surface area contributed by atoms with Crippen LogP contribution in [0.2, 0.25) is 0 Å². The van der Waals surface area contributed by atoms with E-state index < -0.39 is 0 Å². The molecule has 7 rings (SSSR count). The molecule has 2 heteroatoms. The van der Waals surface area contributed by atoms with E-state index in [1.54, 1.807) is 0 Å². The van der Waals surface area contributed by atoms with Crippen molar-refractivity contribution in [3.8, 4) is 22.3 Å². The zero-order chi connectivity index (χ0) is 27.6. The highest BCUT2D eigenvalue weighted by Crippen LogP contribution is 2.40. The summed E-state index contributed by atoms with van der Waals surface area (Å²) in [6, 6.07) is 52.4. The topological polar surface area (TPSA) is 3.24 Å². The zero-order valence-electron chi connectivity index (χ0n) is 22.9. The van der Waals surface area contributed by atoms with Gasteiger partial charge in [-0.2, -0.15) is 0 Å². The molecule has 0 amide bonds. The highest BCUT2D eigenvalue weighted by atomic mass is 32.1. The predicted octanol–water partition coefficient (Wildman–Crippen LogP) is 11.9. The van der Waals surface area contributed by atoms with Crippen LogP contribution < -0.4 is 4.90 Å². The van der Waals surface area contributed by atoms with Gasteiger partial charge in [-0.05, 0) is 89.3 Å². The third-order valence-corrected chi connectivity index (χ3v) is 8.69. The van der Waals surface area contributed by atoms with Gasteiger partial charge in [0, 0.05) is 37.2 Å². The third-order valence-electron chi connectivity index (χ3n) is 7.56. The standard InChI is InChI=1S/C39H29NS/c1-2-11-30-14-10-19-38-39(30)36-27-32(22-25-37(36)41-38)29-20-23-34(24-21-29)40(33-16-7-4-8-17-33)35-18-9-15-31(26-35)28-12-5-3-6-13-28/h2-27H,1H3/b11-2+. The first-order valence-corrected chi connectivity index (χ1v) is 14.8. The van der Waals surface area contributed by atoms with Crippen molar-refractivity contribution in [2.45, 2.75) is 6.92 Å². The molecule has 0 aliphatic rings. The molecule has 1 aromatic heterocycles. The number of fused-ring (bicyclic) bond motifs is 3. The minimum absolute atomic E-state index is 1.13. The summed E-state index contributed by atoms with van der Waals surface area (Å²) in [6.07, 6.45) is 4.33. The highest BCUT2D eigenvalue weighted by molar-refractivity contribution is 7.25. The van der Waals surface area contributed by atoms with Crippen LogP contribution in [0.5, 0.6) is 0 Å². The van der Waals surface area contributed by atoms with Crippen LogP contribution >= 0.6 is 11.3 Å². The molecule has 1 nitrogen and oxygen atoms in total. The first-order chi connectivity index (χ1) is 20.3. The predicted molar refractivity (Wildman–Crippen MR) is 180 cm³/mol. The Balaban J connectivity index is 1.30. The lowest BCUT2D eigenvalue weighted by atomic mass is 10.00. The van der Waals surface area contributed by atoms with Crippen molar-refractivity contribution in [3.63, 3.8) is 0 Å². The molecular formula is C39H29NS. The minimum Gasteiger partial charge on any atom is -0.310 e. The molecule has 7 aromatic rings. The maximum absolute atomic E-state index is 2.36. The van der Waals surface area contributed by atoms with Crippen LogP contribution in [0.25, 0.3) is 48.5 Å². The van der Waals surface area contributed by atoms with E-state index in [4.69, 9.17) is 0 Å². The number of rotatable bonds is 6. The average Bonchev–Trinajstić information content (AvgIpc) is 3.42. The number of hydrogen-bond acceptors (Lipinski definition) is 2. The molecule has 1 heterocycles. The molecule has 0 aliphatic heterocycles. The van der Waals surface area contributed by atoms with Gasteiger partial charge < -0.3 is 4.90 Å². The lowest BCUT2D eigenvalue weighted by Gasteiger charge is -2.26. The van der Waals surface area contributed by atoms with E-state index in [1.807, 2.05) is 11.3 Å². The van der Waals surface area contributed by atoms with Crippen LogP contribution in [0.1, 0.15) is 12.5 Å². The molecule has 0 saturated carbocycles. The van der Waals surface area contributed by atoms with Crippen molar-refractivity contribution in [1.29, 1.82) is 0 Å². The fraction of sp³-hybridized carbons (Fsp3) is 0.0256. The highest BCUT2D eigenvalue weighted by Gasteiger charge is 2.14. The summed E-state index contributed by atoms with van der Waals surface area (Å²) in [5, 5.41) is 2.67. The minimum atomic E-state index is 1.13. The first-order valence-electron chi connectivity index (χ1n) is 14.0. The summed E-state index contributed by atoms with van der Waals surface area (Å²) >= 11 is 1.87. The molecule has 0 atom stereocenters. The Morgan fingerprint density at radius 2 is 1.10 bits per heavy atom. The van der Waals surface area contributed by atoms with Crippen molar-refractivity contribution in [1.82, 2.24) is 0 Å². The number of para-hydroxylation sites is 1. The summed E-state index contributed by atoms with van der Waals surface area (Å²) in [6.45, 7) is 2.08.